The van der Waals surface area contributed by atoms with E-state index in [0.717, 1.165) is 37.9 Å². The molecule has 30 heavy (non-hydrogen) atoms. The Kier molecular flexibility index (Phi) is 4.29. The van der Waals surface area contributed by atoms with Crippen LogP contribution in [-0.2, 0) is 0 Å². The molecule has 0 fully saturated rings. The fourth-order valence-corrected chi connectivity index (χ4v) is 3.82. The van der Waals surface area contributed by atoms with Gasteiger partial charge in [-0.25, -0.2) is 0 Å². The molecule has 4 aromatic rings. The molecular weight excluding hydrogens is 448 g/mol. The van der Waals surface area contributed by atoms with Gasteiger partial charge in [0, 0.05) is 45.0 Å². The largest absolute Gasteiger partial charge is 0.497 e. The molecule has 0 unspecified atom stereocenters. The number of methoxy groups -OCH3 is 1. The van der Waals surface area contributed by atoms with Gasteiger partial charge < -0.3 is 19.8 Å². The summed E-state index contributed by atoms with van der Waals surface area (Å²) >= 11 is 3.43. The number of H-pyrrole nitrogens is 2. The second-order valence-corrected chi connectivity index (χ2v) is 7.70. The van der Waals surface area contributed by atoms with Crippen molar-refractivity contribution in [1.82, 2.24) is 15.0 Å². The maximum absolute atomic E-state index is 13.0. The molecular formula is C22H15BrN4O3. The van der Waals surface area contributed by atoms with Crippen LogP contribution in [0.2, 0.25) is 0 Å². The van der Waals surface area contributed by atoms with Crippen LogP contribution in [0.25, 0.3) is 22.6 Å². The van der Waals surface area contributed by atoms with E-state index in [-0.39, 0.29) is 17.5 Å². The fraction of sp³-hybridized carbons (Fsp3) is 0.0455. The maximum atomic E-state index is 13.0. The molecule has 2 aromatic heterocycles. The SMILES string of the molecule is COc1ccc2c(c1)N=C/C2=C\c1[nH]c(C(=O)c2c[nH]c3ccc(Br)cc23)nc1O. The predicted molar refractivity (Wildman–Crippen MR) is 119 cm³/mol. The number of carbonyl (C=O) groups is 1. The predicted octanol–water partition coefficient (Wildman–Crippen LogP) is 4.86. The van der Waals surface area contributed by atoms with Crippen LogP contribution in [0.3, 0.4) is 0 Å². The van der Waals surface area contributed by atoms with Crippen LogP contribution in [0.1, 0.15) is 27.4 Å². The highest BCUT2D eigenvalue weighted by Crippen LogP contribution is 2.36. The van der Waals surface area contributed by atoms with Crippen molar-refractivity contribution in [2.24, 2.45) is 4.99 Å². The number of hydrogen-bond donors (Lipinski definition) is 3. The molecule has 0 amide bonds. The molecule has 3 heterocycles. The average molecular weight is 463 g/mol. The van der Waals surface area contributed by atoms with Gasteiger partial charge in [0.15, 0.2) is 5.82 Å². The first-order valence-corrected chi connectivity index (χ1v) is 9.87. The summed E-state index contributed by atoms with van der Waals surface area (Å²) in [4.78, 5) is 27.4. The minimum atomic E-state index is -0.315. The van der Waals surface area contributed by atoms with E-state index in [2.05, 4.69) is 35.9 Å². The number of nitrogens with one attached hydrogen (secondary N) is 2. The Labute approximate surface area is 179 Å². The highest BCUT2D eigenvalue weighted by molar-refractivity contribution is 9.10. The van der Waals surface area contributed by atoms with E-state index in [4.69, 9.17) is 4.74 Å². The molecule has 5 rings (SSSR count). The third-order valence-electron chi connectivity index (χ3n) is 4.97. The molecule has 2 aromatic carbocycles. The van der Waals surface area contributed by atoms with Gasteiger partial charge in [0.05, 0.1) is 18.4 Å². The first kappa shape index (κ1) is 18.4. The van der Waals surface area contributed by atoms with Crippen LogP contribution < -0.4 is 4.74 Å². The van der Waals surface area contributed by atoms with Crippen LogP contribution in [-0.4, -0.2) is 39.2 Å². The van der Waals surface area contributed by atoms with Crippen LogP contribution >= 0.6 is 15.9 Å². The van der Waals surface area contributed by atoms with Gasteiger partial charge in [0.25, 0.3) is 0 Å². The molecule has 3 N–H and O–H groups in total. The number of halogens is 1. The van der Waals surface area contributed by atoms with Crippen LogP contribution in [0.5, 0.6) is 11.6 Å². The quantitative estimate of drug-likeness (QED) is 0.376. The number of fused-ring (bicyclic) bond motifs is 2. The summed E-state index contributed by atoms with van der Waals surface area (Å²) in [5, 5.41) is 11.1. The van der Waals surface area contributed by atoms with Gasteiger partial charge in [-0.15, -0.1) is 0 Å². The molecule has 0 saturated carbocycles. The van der Waals surface area contributed by atoms with Crippen molar-refractivity contribution < 1.29 is 14.6 Å². The molecule has 0 aliphatic carbocycles. The van der Waals surface area contributed by atoms with Gasteiger partial charge in [-0.1, -0.05) is 15.9 Å². The normalized spacial score (nSPS) is 13.9. The highest BCUT2D eigenvalue weighted by atomic mass is 79.9. The van der Waals surface area contributed by atoms with E-state index in [1.807, 2.05) is 36.4 Å². The first-order valence-electron chi connectivity index (χ1n) is 9.08. The second-order valence-electron chi connectivity index (χ2n) is 6.79. The number of carbonyl (C=O) groups excluding carboxylic acids is 1. The number of nitrogens with zero attached hydrogens (tertiary/aromatic N) is 2. The summed E-state index contributed by atoms with van der Waals surface area (Å²) in [6, 6.07) is 11.2. The van der Waals surface area contributed by atoms with E-state index in [9.17, 15) is 9.90 Å². The Morgan fingerprint density at radius 2 is 2.10 bits per heavy atom. The number of imidazole rings is 1. The van der Waals surface area contributed by atoms with Gasteiger partial charge in [0.1, 0.15) is 11.4 Å². The number of rotatable bonds is 4. The van der Waals surface area contributed by atoms with Crippen molar-refractivity contribution in [2.45, 2.75) is 0 Å². The van der Waals surface area contributed by atoms with Crippen molar-refractivity contribution in [3.05, 3.63) is 69.7 Å². The van der Waals surface area contributed by atoms with Crippen molar-refractivity contribution in [1.29, 1.82) is 0 Å². The summed E-state index contributed by atoms with van der Waals surface area (Å²) in [7, 11) is 1.60. The number of aliphatic imine (C=N–C) groups is 1. The van der Waals surface area contributed by atoms with E-state index in [0.29, 0.717) is 11.3 Å². The van der Waals surface area contributed by atoms with Gasteiger partial charge >= 0.3 is 0 Å². The monoisotopic (exact) mass is 462 g/mol. The molecule has 8 heteroatoms. The molecule has 148 valence electrons. The number of ketones is 1. The zero-order chi connectivity index (χ0) is 20.8. The average Bonchev–Trinajstić information content (AvgIpc) is 3.44. The minimum Gasteiger partial charge on any atom is -0.497 e. The molecule has 1 aliphatic rings. The molecule has 0 bridgehead atoms. The number of allylic oxidation sites excluding steroid dienone is 1. The summed E-state index contributed by atoms with van der Waals surface area (Å²) in [6.07, 6.45) is 5.06. The van der Waals surface area contributed by atoms with Crippen molar-refractivity contribution in [3.63, 3.8) is 0 Å². The number of aromatic hydroxyl groups is 1. The van der Waals surface area contributed by atoms with Gasteiger partial charge in [-0.3, -0.25) is 9.79 Å². The highest BCUT2D eigenvalue weighted by Gasteiger charge is 2.21. The Balaban J connectivity index is 1.50. The summed E-state index contributed by atoms with van der Waals surface area (Å²) in [6.45, 7) is 0. The molecule has 0 saturated heterocycles. The minimum absolute atomic E-state index is 0.0603. The maximum Gasteiger partial charge on any atom is 0.237 e. The van der Waals surface area contributed by atoms with Gasteiger partial charge in [0.2, 0.25) is 11.7 Å². The topological polar surface area (TPSA) is 103 Å². The molecule has 1 aliphatic heterocycles. The van der Waals surface area contributed by atoms with Gasteiger partial charge in [-0.05, 0) is 36.4 Å². The van der Waals surface area contributed by atoms with Crippen LogP contribution in [0.15, 0.2) is 52.1 Å². The van der Waals surface area contributed by atoms with E-state index in [1.165, 1.54) is 0 Å². The Morgan fingerprint density at radius 3 is 2.93 bits per heavy atom. The molecule has 7 nitrogen and oxygen atoms in total. The summed E-state index contributed by atoms with van der Waals surface area (Å²) in [5.74, 6) is 0.215. The lowest BCUT2D eigenvalue weighted by Gasteiger charge is -2.03. The molecule has 0 spiro atoms. The Bertz CT molecular complexity index is 1380. The lowest BCUT2D eigenvalue weighted by atomic mass is 10.1. The van der Waals surface area contributed by atoms with E-state index in [1.54, 1.807) is 25.6 Å². The van der Waals surface area contributed by atoms with Crippen LogP contribution in [0, 0.1) is 0 Å². The van der Waals surface area contributed by atoms with E-state index >= 15 is 0 Å². The smallest absolute Gasteiger partial charge is 0.237 e. The van der Waals surface area contributed by atoms with Crippen molar-refractivity contribution in [2.75, 3.05) is 7.11 Å². The Hall–Kier alpha value is -3.65. The van der Waals surface area contributed by atoms with E-state index < -0.39 is 0 Å². The number of aromatic amines is 2. The van der Waals surface area contributed by atoms with Crippen LogP contribution in [0.4, 0.5) is 5.69 Å². The van der Waals surface area contributed by atoms with Crippen molar-refractivity contribution in [3.8, 4) is 11.6 Å². The first-order chi connectivity index (χ1) is 14.5. The number of aromatic nitrogens is 3. The zero-order valence-corrected chi connectivity index (χ0v) is 17.3. The van der Waals surface area contributed by atoms with Gasteiger partial charge in [-0.2, -0.15) is 4.98 Å². The lowest BCUT2D eigenvalue weighted by Crippen LogP contribution is -2.02. The summed E-state index contributed by atoms with van der Waals surface area (Å²) in [5.41, 5.74) is 4.12. The lowest BCUT2D eigenvalue weighted by molar-refractivity contribution is 0.103. The fourth-order valence-electron chi connectivity index (χ4n) is 3.46. The number of benzene rings is 2. The number of ether oxygens (including phenoxy) is 1. The standard InChI is InChI=1S/C22H15BrN4O3/c1-30-13-3-4-14-11(9-24-18(14)8-13)6-19-22(29)27-21(26-19)20(28)16-10-25-17-5-2-12(23)7-15(16)17/h2-10,25,29H,1H3,(H,26,27)/b11-6+. The summed E-state index contributed by atoms with van der Waals surface area (Å²) < 4.78 is 6.09. The third kappa shape index (κ3) is 3.02. The van der Waals surface area contributed by atoms with Crippen molar-refractivity contribution >= 4 is 56.2 Å². The third-order valence-corrected chi connectivity index (χ3v) is 5.47. The molecule has 0 atom stereocenters. The number of hydrogen-bond acceptors (Lipinski definition) is 5. The Morgan fingerprint density at radius 1 is 1.23 bits per heavy atom. The second kappa shape index (κ2) is 7.00. The zero-order valence-electron chi connectivity index (χ0n) is 15.7. The molecule has 0 radical (unpaired) electrons.